The first kappa shape index (κ1) is 18.4. The number of hydrogen-bond donors (Lipinski definition) is 2. The number of hydrogen-bond acceptors (Lipinski definition) is 4. The summed E-state index contributed by atoms with van der Waals surface area (Å²) < 4.78 is 0. The van der Waals surface area contributed by atoms with Crippen LogP contribution in [0.5, 0.6) is 0 Å². The molecular formula is C21H28N4O. The summed E-state index contributed by atoms with van der Waals surface area (Å²) in [5, 5.41) is 6.47. The fourth-order valence-corrected chi connectivity index (χ4v) is 3.58. The Bertz CT molecular complexity index is 759. The number of amides is 1. The van der Waals surface area contributed by atoms with E-state index < -0.39 is 0 Å². The second-order valence-corrected chi connectivity index (χ2v) is 6.96. The molecule has 1 aromatic heterocycles. The Kier molecular flexibility index (Phi) is 5.86. The van der Waals surface area contributed by atoms with E-state index in [-0.39, 0.29) is 5.91 Å². The van der Waals surface area contributed by atoms with Crippen molar-refractivity contribution in [3.05, 3.63) is 46.8 Å². The molecular weight excluding hydrogens is 324 g/mol. The van der Waals surface area contributed by atoms with Crippen LogP contribution in [0.1, 0.15) is 66.8 Å². The second kappa shape index (κ2) is 8.30. The van der Waals surface area contributed by atoms with E-state index in [4.69, 9.17) is 0 Å². The van der Waals surface area contributed by atoms with Crippen molar-refractivity contribution in [3.63, 3.8) is 0 Å². The highest BCUT2D eigenvalue weighted by molar-refractivity contribution is 6.04. The number of nitrogens with zero attached hydrogens (tertiary/aromatic N) is 2. The van der Waals surface area contributed by atoms with Crippen molar-refractivity contribution in [1.82, 2.24) is 9.97 Å². The molecule has 1 aromatic carbocycles. The summed E-state index contributed by atoms with van der Waals surface area (Å²) >= 11 is 0. The molecule has 5 nitrogen and oxygen atoms in total. The summed E-state index contributed by atoms with van der Waals surface area (Å²) in [6.45, 7) is 6.10. The predicted octanol–water partition coefficient (Wildman–Crippen LogP) is 4.52. The number of carbonyl (C=O) groups is 1. The third-order valence-corrected chi connectivity index (χ3v) is 5.01. The molecule has 0 unspecified atom stereocenters. The smallest absolute Gasteiger partial charge is 0.274 e. The fourth-order valence-electron chi connectivity index (χ4n) is 3.58. The van der Waals surface area contributed by atoms with E-state index >= 15 is 0 Å². The Balaban J connectivity index is 1.83. The minimum absolute atomic E-state index is 0.180. The second-order valence-electron chi connectivity index (χ2n) is 6.96. The number of rotatable bonds is 6. The van der Waals surface area contributed by atoms with E-state index in [1.807, 2.05) is 13.0 Å². The van der Waals surface area contributed by atoms with Crippen LogP contribution in [0.4, 0.5) is 11.6 Å². The van der Waals surface area contributed by atoms with Gasteiger partial charge in [-0.25, -0.2) is 9.97 Å². The molecule has 0 aliphatic heterocycles. The maximum atomic E-state index is 12.9. The fraction of sp³-hybridized carbons (Fsp3) is 0.476. The van der Waals surface area contributed by atoms with E-state index in [9.17, 15) is 4.79 Å². The monoisotopic (exact) mass is 352 g/mol. The molecule has 2 aromatic rings. The minimum atomic E-state index is -0.180. The molecule has 2 N–H and O–H groups in total. The molecule has 0 radical (unpaired) electrons. The quantitative estimate of drug-likeness (QED) is 0.802. The first-order valence-corrected chi connectivity index (χ1v) is 9.65. The Labute approximate surface area is 155 Å². The molecule has 26 heavy (non-hydrogen) atoms. The number of aryl methyl sites for hydroxylation is 3. The number of benzene rings is 1. The summed E-state index contributed by atoms with van der Waals surface area (Å²) in [7, 11) is 0. The summed E-state index contributed by atoms with van der Waals surface area (Å²) in [5.41, 5.74) is 4.42. The highest BCUT2D eigenvalue weighted by Gasteiger charge is 2.18. The molecule has 1 aliphatic carbocycles. The highest BCUT2D eigenvalue weighted by Crippen LogP contribution is 2.24. The van der Waals surface area contributed by atoms with E-state index in [1.165, 1.54) is 12.8 Å². The van der Waals surface area contributed by atoms with Gasteiger partial charge < -0.3 is 10.6 Å². The van der Waals surface area contributed by atoms with Crippen LogP contribution in [0, 0.1) is 6.92 Å². The summed E-state index contributed by atoms with van der Waals surface area (Å²) in [5.74, 6) is 0.377. The zero-order valence-electron chi connectivity index (χ0n) is 15.9. The van der Waals surface area contributed by atoms with Crippen molar-refractivity contribution in [1.29, 1.82) is 0 Å². The lowest BCUT2D eigenvalue weighted by atomic mass is 10.0. The van der Waals surface area contributed by atoms with Crippen LogP contribution < -0.4 is 10.6 Å². The Morgan fingerprint density at radius 1 is 1.12 bits per heavy atom. The number of aromatic nitrogens is 2. The largest absolute Gasteiger partial charge is 0.351 e. The van der Waals surface area contributed by atoms with Crippen LogP contribution in [0.3, 0.4) is 0 Å². The zero-order chi connectivity index (χ0) is 18.5. The lowest BCUT2D eigenvalue weighted by Gasteiger charge is -2.16. The molecule has 1 aliphatic rings. The summed E-state index contributed by atoms with van der Waals surface area (Å²) in [6, 6.07) is 8.33. The van der Waals surface area contributed by atoms with Gasteiger partial charge in [-0.15, -0.1) is 0 Å². The number of nitrogens with one attached hydrogen (secondary N) is 2. The van der Waals surface area contributed by atoms with E-state index in [1.54, 1.807) is 6.07 Å². The third-order valence-electron chi connectivity index (χ3n) is 5.01. The molecule has 1 saturated carbocycles. The van der Waals surface area contributed by atoms with Crippen molar-refractivity contribution in [2.45, 2.75) is 65.3 Å². The third kappa shape index (κ3) is 4.21. The van der Waals surface area contributed by atoms with Gasteiger partial charge in [0.05, 0.1) is 0 Å². The summed E-state index contributed by atoms with van der Waals surface area (Å²) in [4.78, 5) is 21.8. The lowest BCUT2D eigenvalue weighted by Crippen LogP contribution is -2.21. The molecule has 5 heteroatoms. The topological polar surface area (TPSA) is 66.9 Å². The molecule has 0 saturated heterocycles. The van der Waals surface area contributed by atoms with Crippen molar-refractivity contribution < 1.29 is 4.79 Å². The molecule has 1 heterocycles. The first-order chi connectivity index (χ1) is 12.6. The number of para-hydroxylation sites is 1. The van der Waals surface area contributed by atoms with Gasteiger partial charge in [0.15, 0.2) is 0 Å². The van der Waals surface area contributed by atoms with Gasteiger partial charge in [-0.3, -0.25) is 4.79 Å². The normalized spacial score (nSPS) is 14.4. The molecule has 1 amide bonds. The van der Waals surface area contributed by atoms with E-state index in [2.05, 4.69) is 46.6 Å². The van der Waals surface area contributed by atoms with Crippen molar-refractivity contribution in [2.75, 3.05) is 10.6 Å². The van der Waals surface area contributed by atoms with Crippen molar-refractivity contribution in [3.8, 4) is 0 Å². The zero-order valence-corrected chi connectivity index (χ0v) is 15.9. The van der Waals surface area contributed by atoms with Crippen LogP contribution >= 0.6 is 0 Å². The molecule has 138 valence electrons. The Morgan fingerprint density at radius 3 is 2.38 bits per heavy atom. The van der Waals surface area contributed by atoms with Gasteiger partial charge in [-0.2, -0.15) is 0 Å². The van der Waals surface area contributed by atoms with Crippen LogP contribution in [-0.2, 0) is 12.8 Å². The maximum Gasteiger partial charge on any atom is 0.274 e. The van der Waals surface area contributed by atoms with Crippen LogP contribution in [0.25, 0.3) is 0 Å². The average molecular weight is 352 g/mol. The van der Waals surface area contributed by atoms with Crippen molar-refractivity contribution >= 4 is 17.5 Å². The molecule has 3 rings (SSSR count). The summed E-state index contributed by atoms with van der Waals surface area (Å²) in [6.07, 6.45) is 6.52. The first-order valence-electron chi connectivity index (χ1n) is 9.65. The Hall–Kier alpha value is -2.43. The number of anilines is 2. The number of carbonyl (C=O) groups excluding carboxylic acids is 1. The van der Waals surface area contributed by atoms with Gasteiger partial charge in [-0.05, 0) is 49.8 Å². The minimum Gasteiger partial charge on any atom is -0.351 e. The van der Waals surface area contributed by atoms with Crippen LogP contribution in [0.2, 0.25) is 0 Å². The van der Waals surface area contributed by atoms with Gasteiger partial charge in [-0.1, -0.05) is 44.9 Å². The highest BCUT2D eigenvalue weighted by atomic mass is 16.1. The van der Waals surface area contributed by atoms with Gasteiger partial charge in [0.25, 0.3) is 5.91 Å². The SMILES string of the molecule is CCc1cccc(CC)c1NC(=O)c1cc(C)nc(NC2CCCC2)n1. The van der Waals surface area contributed by atoms with Crippen molar-refractivity contribution in [2.24, 2.45) is 0 Å². The van der Waals surface area contributed by atoms with Gasteiger partial charge in [0, 0.05) is 17.4 Å². The molecule has 0 bridgehead atoms. The molecule has 1 fully saturated rings. The van der Waals surface area contributed by atoms with Crippen LogP contribution in [-0.4, -0.2) is 21.9 Å². The lowest BCUT2D eigenvalue weighted by molar-refractivity contribution is 0.102. The van der Waals surface area contributed by atoms with Gasteiger partial charge in [0.1, 0.15) is 5.69 Å². The predicted molar refractivity (Wildman–Crippen MR) is 106 cm³/mol. The average Bonchev–Trinajstić information content (AvgIpc) is 3.14. The molecule has 0 atom stereocenters. The molecule has 0 spiro atoms. The van der Waals surface area contributed by atoms with E-state index in [0.29, 0.717) is 17.7 Å². The van der Waals surface area contributed by atoms with Crippen LogP contribution in [0.15, 0.2) is 24.3 Å². The maximum absolute atomic E-state index is 12.9. The van der Waals surface area contributed by atoms with Gasteiger partial charge in [0.2, 0.25) is 5.95 Å². The van der Waals surface area contributed by atoms with E-state index in [0.717, 1.165) is 48.2 Å². The van der Waals surface area contributed by atoms with Gasteiger partial charge >= 0.3 is 0 Å². The Morgan fingerprint density at radius 2 is 1.77 bits per heavy atom. The standard InChI is InChI=1S/C21H28N4O/c1-4-15-9-8-10-16(5-2)19(15)25-20(26)18-13-14(3)22-21(24-18)23-17-11-6-7-12-17/h8-10,13,17H,4-7,11-12H2,1-3H3,(H,25,26)(H,22,23,24).